The van der Waals surface area contributed by atoms with E-state index in [0.29, 0.717) is 17.8 Å². The van der Waals surface area contributed by atoms with Crippen molar-refractivity contribution in [1.82, 2.24) is 10.2 Å². The fraction of sp³-hybridized carbons (Fsp3) is 0.400. The molecule has 168 valence electrons. The monoisotopic (exact) mass is 434 g/mol. The summed E-state index contributed by atoms with van der Waals surface area (Å²) in [4.78, 5) is 43.9. The molecule has 0 radical (unpaired) electrons. The normalized spacial score (nSPS) is 17.5. The Morgan fingerprint density at radius 2 is 1.81 bits per heavy atom. The second-order valence-electron chi connectivity index (χ2n) is 8.79. The van der Waals surface area contributed by atoms with Gasteiger partial charge in [-0.3, -0.25) is 19.3 Å². The van der Waals surface area contributed by atoms with E-state index in [1.165, 1.54) is 4.90 Å². The molecule has 0 saturated carbocycles. The zero-order valence-corrected chi connectivity index (χ0v) is 18.9. The van der Waals surface area contributed by atoms with E-state index in [0.717, 1.165) is 42.6 Å². The van der Waals surface area contributed by atoms with Crippen LogP contribution in [0.3, 0.4) is 0 Å². The summed E-state index contributed by atoms with van der Waals surface area (Å²) in [6.07, 6.45) is 2.80. The van der Waals surface area contributed by atoms with E-state index < -0.39 is 0 Å². The maximum absolute atomic E-state index is 13.4. The maximum Gasteiger partial charge on any atom is 0.253 e. The SMILES string of the molecule is Cc1ccc(CNC(=O)CN2C(=O)[C@H]3CCCCN3c3ccc(C(=O)N(C)C)cc32)cc1. The Balaban J connectivity index is 1.59. The summed E-state index contributed by atoms with van der Waals surface area (Å²) >= 11 is 0. The molecule has 1 N–H and O–H groups in total. The van der Waals surface area contributed by atoms with E-state index in [1.54, 1.807) is 31.1 Å². The average Bonchev–Trinajstić information content (AvgIpc) is 2.80. The van der Waals surface area contributed by atoms with E-state index in [1.807, 2.05) is 37.3 Å². The topological polar surface area (TPSA) is 73.0 Å². The molecule has 7 heteroatoms. The van der Waals surface area contributed by atoms with Crippen molar-refractivity contribution in [3.8, 4) is 0 Å². The van der Waals surface area contributed by atoms with Gasteiger partial charge in [0.05, 0.1) is 11.4 Å². The number of hydrogen-bond acceptors (Lipinski definition) is 4. The lowest BCUT2D eigenvalue weighted by molar-refractivity contribution is -0.125. The van der Waals surface area contributed by atoms with Crippen LogP contribution in [0.15, 0.2) is 42.5 Å². The number of piperidine rings is 1. The first-order valence-corrected chi connectivity index (χ1v) is 11.1. The van der Waals surface area contributed by atoms with Crippen molar-refractivity contribution < 1.29 is 14.4 Å². The van der Waals surface area contributed by atoms with Gasteiger partial charge >= 0.3 is 0 Å². The van der Waals surface area contributed by atoms with Gasteiger partial charge in [-0.2, -0.15) is 0 Å². The largest absolute Gasteiger partial charge is 0.358 e. The standard InChI is InChI=1S/C25H30N4O3/c1-17-7-9-18(10-8-17)15-26-23(30)16-29-22-14-19(24(31)27(2)3)11-12-20(22)28-13-5-4-6-21(28)25(29)32/h7-12,14,21H,4-6,13,15-16H2,1-3H3,(H,26,30)/t21-/m1/s1. The molecule has 4 rings (SSSR count). The van der Waals surface area contributed by atoms with E-state index >= 15 is 0 Å². The fourth-order valence-corrected chi connectivity index (χ4v) is 4.42. The molecule has 1 atom stereocenters. The smallest absolute Gasteiger partial charge is 0.253 e. The molecule has 2 heterocycles. The van der Waals surface area contributed by atoms with Crippen molar-refractivity contribution in [1.29, 1.82) is 0 Å². The molecule has 0 spiro atoms. The maximum atomic E-state index is 13.4. The van der Waals surface area contributed by atoms with Gasteiger partial charge in [0.2, 0.25) is 11.8 Å². The first-order chi connectivity index (χ1) is 15.3. The molecule has 0 aromatic heterocycles. The number of carbonyl (C=O) groups excluding carboxylic acids is 3. The fourth-order valence-electron chi connectivity index (χ4n) is 4.42. The van der Waals surface area contributed by atoms with Crippen LogP contribution in [0, 0.1) is 6.92 Å². The van der Waals surface area contributed by atoms with Crippen LogP contribution in [0.25, 0.3) is 0 Å². The molecule has 2 aromatic rings. The minimum absolute atomic E-state index is 0.0678. The number of fused-ring (bicyclic) bond motifs is 3. The molecule has 0 unspecified atom stereocenters. The second-order valence-corrected chi connectivity index (χ2v) is 8.79. The summed E-state index contributed by atoms with van der Waals surface area (Å²) in [5, 5.41) is 2.92. The molecule has 1 fully saturated rings. The van der Waals surface area contributed by atoms with Crippen LogP contribution in [0.2, 0.25) is 0 Å². The molecular formula is C25H30N4O3. The number of nitrogens with one attached hydrogen (secondary N) is 1. The lowest BCUT2D eigenvalue weighted by Crippen LogP contribution is -2.57. The number of carbonyl (C=O) groups is 3. The summed E-state index contributed by atoms with van der Waals surface area (Å²) in [6, 6.07) is 13.2. The summed E-state index contributed by atoms with van der Waals surface area (Å²) < 4.78 is 0. The molecule has 32 heavy (non-hydrogen) atoms. The highest BCUT2D eigenvalue weighted by atomic mass is 16.2. The number of anilines is 2. The van der Waals surface area contributed by atoms with Crippen molar-refractivity contribution in [2.45, 2.75) is 38.8 Å². The summed E-state index contributed by atoms with van der Waals surface area (Å²) in [5.74, 6) is -0.430. The van der Waals surface area contributed by atoms with E-state index in [4.69, 9.17) is 0 Å². The minimum Gasteiger partial charge on any atom is -0.358 e. The second kappa shape index (κ2) is 9.02. The van der Waals surface area contributed by atoms with E-state index in [9.17, 15) is 14.4 Å². The third-order valence-electron chi connectivity index (χ3n) is 6.19. The number of nitrogens with zero attached hydrogens (tertiary/aromatic N) is 3. The van der Waals surface area contributed by atoms with Gasteiger partial charge in [-0.1, -0.05) is 29.8 Å². The van der Waals surface area contributed by atoms with Crippen LogP contribution in [0.1, 0.15) is 40.7 Å². The predicted octanol–water partition coefficient (Wildman–Crippen LogP) is 2.72. The van der Waals surface area contributed by atoms with Crippen molar-refractivity contribution in [3.05, 3.63) is 59.2 Å². The van der Waals surface area contributed by atoms with Crippen molar-refractivity contribution >= 4 is 29.1 Å². The van der Waals surface area contributed by atoms with Crippen molar-refractivity contribution in [2.24, 2.45) is 0 Å². The molecule has 3 amide bonds. The Bertz CT molecular complexity index is 1030. The molecule has 1 saturated heterocycles. The van der Waals surface area contributed by atoms with Crippen LogP contribution in [-0.4, -0.2) is 55.8 Å². The van der Waals surface area contributed by atoms with Gasteiger partial charge in [0.15, 0.2) is 0 Å². The number of amides is 3. The number of aryl methyl sites for hydroxylation is 1. The van der Waals surface area contributed by atoms with Crippen LogP contribution < -0.4 is 15.1 Å². The Kier molecular flexibility index (Phi) is 6.17. The summed E-state index contributed by atoms with van der Waals surface area (Å²) in [6.45, 7) is 3.16. The van der Waals surface area contributed by atoms with Crippen LogP contribution in [0.4, 0.5) is 11.4 Å². The van der Waals surface area contributed by atoms with Gasteiger partial charge in [-0.05, 0) is 49.9 Å². The number of rotatable bonds is 5. The highest BCUT2D eigenvalue weighted by Crippen LogP contribution is 2.40. The Hall–Kier alpha value is -3.35. The quantitative estimate of drug-likeness (QED) is 0.785. The van der Waals surface area contributed by atoms with E-state index in [2.05, 4.69) is 10.2 Å². The van der Waals surface area contributed by atoms with Crippen LogP contribution in [-0.2, 0) is 16.1 Å². The predicted molar refractivity (Wildman–Crippen MR) is 125 cm³/mol. The van der Waals surface area contributed by atoms with Crippen LogP contribution >= 0.6 is 0 Å². The molecule has 2 aliphatic heterocycles. The van der Waals surface area contributed by atoms with Gasteiger partial charge < -0.3 is 15.1 Å². The molecule has 0 aliphatic carbocycles. The molecule has 2 aromatic carbocycles. The van der Waals surface area contributed by atoms with Crippen molar-refractivity contribution in [3.63, 3.8) is 0 Å². The van der Waals surface area contributed by atoms with Gasteiger partial charge in [0.1, 0.15) is 12.6 Å². The van der Waals surface area contributed by atoms with Gasteiger partial charge in [0, 0.05) is 32.7 Å². The third-order valence-corrected chi connectivity index (χ3v) is 6.19. The third kappa shape index (κ3) is 4.33. The Morgan fingerprint density at radius 3 is 2.53 bits per heavy atom. The van der Waals surface area contributed by atoms with Gasteiger partial charge in [-0.15, -0.1) is 0 Å². The molecule has 7 nitrogen and oxygen atoms in total. The highest BCUT2D eigenvalue weighted by Gasteiger charge is 2.40. The Labute approximate surface area is 189 Å². The average molecular weight is 435 g/mol. The van der Waals surface area contributed by atoms with Gasteiger partial charge in [-0.25, -0.2) is 0 Å². The van der Waals surface area contributed by atoms with E-state index in [-0.39, 0.29) is 30.3 Å². The summed E-state index contributed by atoms with van der Waals surface area (Å²) in [5.41, 5.74) is 4.21. The first-order valence-electron chi connectivity index (χ1n) is 11.1. The van der Waals surface area contributed by atoms with Gasteiger partial charge in [0.25, 0.3) is 5.91 Å². The zero-order chi connectivity index (χ0) is 22.8. The first kappa shape index (κ1) is 21.9. The van der Waals surface area contributed by atoms with Crippen molar-refractivity contribution in [2.75, 3.05) is 37.0 Å². The summed E-state index contributed by atoms with van der Waals surface area (Å²) in [7, 11) is 3.40. The van der Waals surface area contributed by atoms with Crippen LogP contribution in [0.5, 0.6) is 0 Å². The molecule has 2 aliphatic rings. The number of hydrogen-bond donors (Lipinski definition) is 1. The lowest BCUT2D eigenvalue weighted by atomic mass is 9.95. The highest BCUT2D eigenvalue weighted by molar-refractivity contribution is 6.09. The lowest BCUT2D eigenvalue weighted by Gasteiger charge is -2.45. The molecular weight excluding hydrogens is 404 g/mol. The number of benzene rings is 2. The Morgan fingerprint density at radius 1 is 1.06 bits per heavy atom. The zero-order valence-electron chi connectivity index (χ0n) is 18.9. The molecule has 0 bridgehead atoms. The minimum atomic E-state index is -0.253.